The van der Waals surface area contributed by atoms with Crippen molar-refractivity contribution in [1.82, 2.24) is 4.98 Å². The first-order valence-corrected chi connectivity index (χ1v) is 8.33. The number of hydrogen-bond donors (Lipinski definition) is 2. The average molecular weight is 366 g/mol. The van der Waals surface area contributed by atoms with E-state index in [1.54, 1.807) is 35.7 Å². The molecule has 2 rings (SSSR count). The molecule has 6 nitrogen and oxygen atoms in total. The number of nitrogens with zero attached hydrogens (tertiary/aromatic N) is 1. The van der Waals surface area contributed by atoms with Crippen LogP contribution in [-0.2, 0) is 9.53 Å². The molecule has 0 saturated carbocycles. The van der Waals surface area contributed by atoms with Crippen LogP contribution in [0.1, 0.15) is 17.4 Å². The predicted octanol–water partition coefficient (Wildman–Crippen LogP) is 3.58. The van der Waals surface area contributed by atoms with Crippen LogP contribution >= 0.6 is 22.9 Å². The van der Waals surface area contributed by atoms with E-state index in [-0.39, 0.29) is 5.69 Å². The number of anilines is 2. The number of amides is 1. The van der Waals surface area contributed by atoms with E-state index in [0.29, 0.717) is 22.4 Å². The SMILES string of the molecule is C=CCNc1nc(C(=O)OC(C)C(=O)Nc2ccc(Cl)cc2)cs1. The summed E-state index contributed by atoms with van der Waals surface area (Å²) >= 11 is 7.06. The molecule has 0 aliphatic carbocycles. The van der Waals surface area contributed by atoms with Gasteiger partial charge in [0.25, 0.3) is 5.91 Å². The second kappa shape index (κ2) is 8.47. The van der Waals surface area contributed by atoms with Crippen LogP contribution in [0.25, 0.3) is 0 Å². The molecule has 126 valence electrons. The third-order valence-electron chi connectivity index (χ3n) is 2.88. The molecule has 0 aliphatic rings. The first-order chi connectivity index (χ1) is 11.5. The number of halogens is 1. The number of hydrogen-bond acceptors (Lipinski definition) is 6. The first-order valence-electron chi connectivity index (χ1n) is 7.07. The van der Waals surface area contributed by atoms with E-state index in [1.165, 1.54) is 18.3 Å². The molecule has 2 N–H and O–H groups in total. The lowest BCUT2D eigenvalue weighted by Crippen LogP contribution is -2.30. The number of carbonyl (C=O) groups excluding carboxylic acids is 2. The van der Waals surface area contributed by atoms with Gasteiger partial charge < -0.3 is 15.4 Å². The van der Waals surface area contributed by atoms with Crippen LogP contribution in [-0.4, -0.2) is 29.5 Å². The highest BCUT2D eigenvalue weighted by molar-refractivity contribution is 7.13. The topological polar surface area (TPSA) is 80.3 Å². The molecule has 1 heterocycles. The molecule has 0 spiro atoms. The lowest BCUT2D eigenvalue weighted by atomic mass is 10.3. The Morgan fingerprint density at radius 3 is 2.79 bits per heavy atom. The summed E-state index contributed by atoms with van der Waals surface area (Å²) in [7, 11) is 0. The molecule has 24 heavy (non-hydrogen) atoms. The Hall–Kier alpha value is -2.38. The van der Waals surface area contributed by atoms with Gasteiger partial charge in [-0.05, 0) is 31.2 Å². The second-order valence-electron chi connectivity index (χ2n) is 4.75. The van der Waals surface area contributed by atoms with Crippen molar-refractivity contribution in [2.24, 2.45) is 0 Å². The summed E-state index contributed by atoms with van der Waals surface area (Å²) in [4.78, 5) is 28.2. The number of thiazole rings is 1. The van der Waals surface area contributed by atoms with Crippen molar-refractivity contribution in [2.45, 2.75) is 13.0 Å². The zero-order valence-electron chi connectivity index (χ0n) is 12.9. The molecule has 0 saturated heterocycles. The maximum Gasteiger partial charge on any atom is 0.358 e. The van der Waals surface area contributed by atoms with Gasteiger partial charge in [0.15, 0.2) is 16.9 Å². The molecule has 1 aromatic heterocycles. The Morgan fingerprint density at radius 1 is 1.42 bits per heavy atom. The van der Waals surface area contributed by atoms with Gasteiger partial charge >= 0.3 is 5.97 Å². The van der Waals surface area contributed by atoms with Gasteiger partial charge in [0.2, 0.25) is 0 Å². The fourth-order valence-corrected chi connectivity index (χ4v) is 2.48. The van der Waals surface area contributed by atoms with Crippen LogP contribution in [0.5, 0.6) is 0 Å². The Balaban J connectivity index is 1.90. The first kappa shape index (κ1) is 18.0. The molecule has 8 heteroatoms. The third kappa shape index (κ3) is 5.07. The highest BCUT2D eigenvalue weighted by atomic mass is 35.5. The molecular formula is C16H16ClN3O3S. The van der Waals surface area contributed by atoms with Crippen LogP contribution in [0, 0.1) is 0 Å². The molecule has 0 aliphatic heterocycles. The normalized spacial score (nSPS) is 11.4. The van der Waals surface area contributed by atoms with E-state index in [4.69, 9.17) is 16.3 Å². The van der Waals surface area contributed by atoms with Crippen molar-refractivity contribution < 1.29 is 14.3 Å². The molecule has 2 aromatic rings. The van der Waals surface area contributed by atoms with Gasteiger partial charge in [-0.2, -0.15) is 0 Å². The quantitative estimate of drug-likeness (QED) is 0.579. The van der Waals surface area contributed by atoms with Gasteiger partial charge in [-0.15, -0.1) is 17.9 Å². The van der Waals surface area contributed by atoms with Crippen molar-refractivity contribution in [3.05, 3.63) is 53.0 Å². The van der Waals surface area contributed by atoms with Gasteiger partial charge in [-0.1, -0.05) is 17.7 Å². The van der Waals surface area contributed by atoms with Crippen molar-refractivity contribution >= 4 is 45.6 Å². The Kier molecular flexibility index (Phi) is 6.34. The summed E-state index contributed by atoms with van der Waals surface area (Å²) in [6.07, 6.45) is 0.724. The average Bonchev–Trinajstić information content (AvgIpc) is 3.04. The monoisotopic (exact) mass is 365 g/mol. The second-order valence-corrected chi connectivity index (χ2v) is 6.05. The zero-order chi connectivity index (χ0) is 17.5. The van der Waals surface area contributed by atoms with Crippen molar-refractivity contribution in [3.63, 3.8) is 0 Å². The largest absolute Gasteiger partial charge is 0.448 e. The minimum Gasteiger partial charge on any atom is -0.448 e. The molecule has 0 radical (unpaired) electrons. The number of benzene rings is 1. The molecule has 0 bridgehead atoms. The Bertz CT molecular complexity index is 730. The Labute approximate surface area is 148 Å². The van der Waals surface area contributed by atoms with Gasteiger partial charge in [0.05, 0.1) is 0 Å². The third-order valence-corrected chi connectivity index (χ3v) is 3.93. The summed E-state index contributed by atoms with van der Waals surface area (Å²) in [5, 5.41) is 8.33. The summed E-state index contributed by atoms with van der Waals surface area (Å²) in [6, 6.07) is 6.63. The van der Waals surface area contributed by atoms with Gasteiger partial charge in [0, 0.05) is 22.6 Å². The maximum absolute atomic E-state index is 12.0. The predicted molar refractivity (Wildman–Crippen MR) is 95.8 cm³/mol. The van der Waals surface area contributed by atoms with E-state index in [9.17, 15) is 9.59 Å². The van der Waals surface area contributed by atoms with E-state index < -0.39 is 18.0 Å². The highest BCUT2D eigenvalue weighted by Gasteiger charge is 2.21. The van der Waals surface area contributed by atoms with Gasteiger partial charge in [-0.3, -0.25) is 4.79 Å². The summed E-state index contributed by atoms with van der Waals surface area (Å²) < 4.78 is 5.13. The molecule has 1 amide bonds. The fourth-order valence-electron chi connectivity index (χ4n) is 1.66. The van der Waals surface area contributed by atoms with E-state index in [0.717, 1.165) is 0 Å². The number of ether oxygens (including phenoxy) is 1. The van der Waals surface area contributed by atoms with Gasteiger partial charge in [0.1, 0.15) is 0 Å². The number of carbonyl (C=O) groups is 2. The highest BCUT2D eigenvalue weighted by Crippen LogP contribution is 2.17. The molecule has 1 unspecified atom stereocenters. The summed E-state index contributed by atoms with van der Waals surface area (Å²) in [5.41, 5.74) is 0.717. The van der Waals surface area contributed by atoms with E-state index in [2.05, 4.69) is 22.2 Å². The van der Waals surface area contributed by atoms with Gasteiger partial charge in [-0.25, -0.2) is 9.78 Å². The van der Waals surface area contributed by atoms with Crippen LogP contribution in [0.3, 0.4) is 0 Å². The lowest BCUT2D eigenvalue weighted by molar-refractivity contribution is -0.123. The number of esters is 1. The smallest absolute Gasteiger partial charge is 0.358 e. The van der Waals surface area contributed by atoms with Crippen molar-refractivity contribution in [3.8, 4) is 0 Å². The summed E-state index contributed by atoms with van der Waals surface area (Å²) in [6.45, 7) is 5.62. The van der Waals surface area contributed by atoms with Crippen molar-refractivity contribution in [2.75, 3.05) is 17.2 Å². The summed E-state index contributed by atoms with van der Waals surface area (Å²) in [5.74, 6) is -1.09. The Morgan fingerprint density at radius 2 is 2.12 bits per heavy atom. The minimum absolute atomic E-state index is 0.151. The minimum atomic E-state index is -0.959. The molecule has 1 atom stereocenters. The fraction of sp³-hybridized carbons (Fsp3) is 0.188. The van der Waals surface area contributed by atoms with E-state index in [1.807, 2.05) is 0 Å². The standard InChI is InChI=1S/C16H16ClN3O3S/c1-3-8-18-16-20-13(9-24-16)15(22)23-10(2)14(21)19-12-6-4-11(17)5-7-12/h3-7,9-10H,1,8H2,2H3,(H,18,20)(H,19,21). The van der Waals surface area contributed by atoms with Crippen LogP contribution in [0.2, 0.25) is 5.02 Å². The van der Waals surface area contributed by atoms with E-state index >= 15 is 0 Å². The maximum atomic E-state index is 12.0. The lowest BCUT2D eigenvalue weighted by Gasteiger charge is -2.12. The van der Waals surface area contributed by atoms with Crippen molar-refractivity contribution in [1.29, 1.82) is 0 Å². The van der Waals surface area contributed by atoms with Crippen LogP contribution in [0.15, 0.2) is 42.3 Å². The van der Waals surface area contributed by atoms with Crippen LogP contribution < -0.4 is 10.6 Å². The molecular weight excluding hydrogens is 350 g/mol. The molecule has 0 fully saturated rings. The number of rotatable bonds is 7. The zero-order valence-corrected chi connectivity index (χ0v) is 14.5. The molecule has 1 aromatic carbocycles. The number of aromatic nitrogens is 1. The van der Waals surface area contributed by atoms with Crippen LogP contribution in [0.4, 0.5) is 10.8 Å². The number of nitrogens with one attached hydrogen (secondary N) is 2.